The highest BCUT2D eigenvalue weighted by Gasteiger charge is 2.21. The van der Waals surface area contributed by atoms with E-state index in [1.165, 1.54) is 28.2 Å². The van der Waals surface area contributed by atoms with E-state index in [2.05, 4.69) is 60.9 Å². The van der Waals surface area contributed by atoms with E-state index in [1.807, 2.05) is 0 Å². The minimum Gasteiger partial charge on any atom is -0.271 e. The molecule has 1 heterocycles. The lowest BCUT2D eigenvalue weighted by Gasteiger charge is -2.19. The number of hydrazine groups is 1. The molecule has 0 aliphatic heterocycles. The quantitative estimate of drug-likeness (QED) is 0.656. The van der Waals surface area contributed by atoms with Gasteiger partial charge in [0.1, 0.15) is 0 Å². The molecule has 5 heteroatoms. The molecule has 0 saturated carbocycles. The summed E-state index contributed by atoms with van der Waals surface area (Å²) < 4.78 is 4.09. The van der Waals surface area contributed by atoms with Gasteiger partial charge >= 0.3 is 0 Å². The molecular formula is C15H22N4S. The van der Waals surface area contributed by atoms with Crippen LogP contribution < -0.4 is 11.3 Å². The van der Waals surface area contributed by atoms with Crippen LogP contribution in [0.4, 0.5) is 0 Å². The summed E-state index contributed by atoms with van der Waals surface area (Å²) in [5, 5.41) is 4.24. The molecule has 1 atom stereocenters. The fourth-order valence-electron chi connectivity index (χ4n) is 2.45. The Kier molecular flexibility index (Phi) is 4.86. The van der Waals surface area contributed by atoms with Gasteiger partial charge in [0.05, 0.1) is 16.6 Å². The molecule has 0 spiro atoms. The molecule has 108 valence electrons. The number of aromatic nitrogens is 2. The predicted molar refractivity (Wildman–Crippen MR) is 83.7 cm³/mol. The number of nitrogens with two attached hydrogens (primary N) is 1. The topological polar surface area (TPSA) is 63.8 Å². The standard InChI is InChI=1S/C15H22N4S/c1-9(2)14-15(20-19-18-14)13(17-16)8-12-10(3)6-5-7-11(12)4/h5-7,9,13,17H,8,16H2,1-4H3. The van der Waals surface area contributed by atoms with Crippen molar-refractivity contribution < 1.29 is 0 Å². The van der Waals surface area contributed by atoms with Gasteiger partial charge in [0.15, 0.2) is 0 Å². The molecule has 1 aromatic carbocycles. The van der Waals surface area contributed by atoms with Crippen LogP contribution in [0.3, 0.4) is 0 Å². The Balaban J connectivity index is 2.32. The minimum atomic E-state index is 0.0622. The fourth-order valence-corrected chi connectivity index (χ4v) is 3.31. The molecule has 1 unspecified atom stereocenters. The molecule has 3 N–H and O–H groups in total. The van der Waals surface area contributed by atoms with Crippen LogP contribution in [0.2, 0.25) is 0 Å². The van der Waals surface area contributed by atoms with Crippen molar-refractivity contribution in [2.24, 2.45) is 5.84 Å². The Morgan fingerprint density at radius 2 is 1.90 bits per heavy atom. The molecule has 20 heavy (non-hydrogen) atoms. The lowest BCUT2D eigenvalue weighted by atomic mass is 9.94. The first kappa shape index (κ1) is 15.1. The first-order chi connectivity index (χ1) is 9.54. The number of nitrogens with zero attached hydrogens (tertiary/aromatic N) is 2. The highest BCUT2D eigenvalue weighted by atomic mass is 32.1. The second-order valence-electron chi connectivity index (χ2n) is 5.47. The van der Waals surface area contributed by atoms with Gasteiger partial charge in [-0.05, 0) is 54.4 Å². The van der Waals surface area contributed by atoms with Crippen LogP contribution in [0.15, 0.2) is 18.2 Å². The third kappa shape index (κ3) is 3.06. The molecule has 2 rings (SSSR count). The summed E-state index contributed by atoms with van der Waals surface area (Å²) in [7, 11) is 0. The van der Waals surface area contributed by atoms with Gasteiger partial charge in [0.2, 0.25) is 0 Å². The van der Waals surface area contributed by atoms with Crippen LogP contribution in [0.1, 0.15) is 53.1 Å². The van der Waals surface area contributed by atoms with E-state index in [-0.39, 0.29) is 6.04 Å². The fraction of sp³-hybridized carbons (Fsp3) is 0.467. The Morgan fingerprint density at radius 1 is 1.25 bits per heavy atom. The number of rotatable bonds is 5. The Hall–Kier alpha value is -1.30. The molecule has 0 saturated heterocycles. The highest BCUT2D eigenvalue weighted by molar-refractivity contribution is 7.05. The molecule has 2 aromatic rings. The molecule has 4 nitrogen and oxygen atoms in total. The molecule has 0 fully saturated rings. The monoisotopic (exact) mass is 290 g/mol. The Morgan fingerprint density at radius 3 is 2.45 bits per heavy atom. The summed E-state index contributed by atoms with van der Waals surface area (Å²) in [5.74, 6) is 6.14. The molecule has 0 bridgehead atoms. The average Bonchev–Trinajstić information content (AvgIpc) is 2.88. The lowest BCUT2D eigenvalue weighted by Crippen LogP contribution is -2.30. The highest BCUT2D eigenvalue weighted by Crippen LogP contribution is 2.29. The van der Waals surface area contributed by atoms with Crippen molar-refractivity contribution in [1.82, 2.24) is 15.0 Å². The van der Waals surface area contributed by atoms with Crippen molar-refractivity contribution >= 4 is 11.5 Å². The van der Waals surface area contributed by atoms with Crippen LogP contribution in [0, 0.1) is 13.8 Å². The number of hydrogen-bond donors (Lipinski definition) is 2. The van der Waals surface area contributed by atoms with Gasteiger partial charge in [-0.3, -0.25) is 11.3 Å². The first-order valence-corrected chi connectivity index (χ1v) is 7.65. The molecule has 0 aliphatic rings. The second-order valence-corrected chi connectivity index (χ2v) is 6.26. The van der Waals surface area contributed by atoms with Crippen molar-refractivity contribution in [3.8, 4) is 0 Å². The smallest absolute Gasteiger partial charge is 0.0829 e. The Bertz CT molecular complexity index is 557. The molecule has 0 radical (unpaired) electrons. The first-order valence-electron chi connectivity index (χ1n) is 6.88. The van der Waals surface area contributed by atoms with E-state index in [9.17, 15) is 0 Å². The zero-order valence-electron chi connectivity index (χ0n) is 12.5. The average molecular weight is 290 g/mol. The Labute approximate surface area is 124 Å². The van der Waals surface area contributed by atoms with Crippen molar-refractivity contribution in [2.75, 3.05) is 0 Å². The number of hydrogen-bond acceptors (Lipinski definition) is 5. The minimum absolute atomic E-state index is 0.0622. The summed E-state index contributed by atoms with van der Waals surface area (Å²) in [6.07, 6.45) is 0.860. The summed E-state index contributed by atoms with van der Waals surface area (Å²) in [6.45, 7) is 8.55. The van der Waals surface area contributed by atoms with Crippen LogP contribution in [0.25, 0.3) is 0 Å². The molecular weight excluding hydrogens is 268 g/mol. The zero-order valence-corrected chi connectivity index (χ0v) is 13.3. The van der Waals surface area contributed by atoms with Crippen LogP contribution in [-0.4, -0.2) is 9.59 Å². The molecule has 0 aliphatic carbocycles. The summed E-state index contributed by atoms with van der Waals surface area (Å²) in [5.41, 5.74) is 7.92. The maximum atomic E-state index is 5.78. The van der Waals surface area contributed by atoms with Gasteiger partial charge in [0.25, 0.3) is 0 Å². The van der Waals surface area contributed by atoms with E-state index >= 15 is 0 Å². The van der Waals surface area contributed by atoms with Gasteiger partial charge < -0.3 is 0 Å². The third-order valence-electron chi connectivity index (χ3n) is 3.66. The van der Waals surface area contributed by atoms with Gasteiger partial charge in [-0.1, -0.05) is 36.5 Å². The summed E-state index contributed by atoms with van der Waals surface area (Å²) in [4.78, 5) is 1.14. The van der Waals surface area contributed by atoms with Crippen LogP contribution in [0.5, 0.6) is 0 Å². The van der Waals surface area contributed by atoms with E-state index in [0.717, 1.165) is 17.0 Å². The van der Waals surface area contributed by atoms with Gasteiger partial charge in [-0.2, -0.15) is 0 Å². The van der Waals surface area contributed by atoms with Crippen molar-refractivity contribution in [3.05, 3.63) is 45.5 Å². The van der Waals surface area contributed by atoms with Crippen molar-refractivity contribution in [1.29, 1.82) is 0 Å². The normalized spacial score (nSPS) is 12.9. The van der Waals surface area contributed by atoms with Crippen LogP contribution in [-0.2, 0) is 6.42 Å². The van der Waals surface area contributed by atoms with Crippen molar-refractivity contribution in [3.63, 3.8) is 0 Å². The number of nitrogens with one attached hydrogen (secondary N) is 1. The summed E-state index contributed by atoms with van der Waals surface area (Å²) in [6, 6.07) is 6.44. The zero-order chi connectivity index (χ0) is 14.7. The van der Waals surface area contributed by atoms with E-state index in [4.69, 9.17) is 5.84 Å². The van der Waals surface area contributed by atoms with Gasteiger partial charge in [0, 0.05) is 0 Å². The lowest BCUT2D eigenvalue weighted by molar-refractivity contribution is 0.549. The SMILES string of the molecule is Cc1cccc(C)c1CC(NN)c1snnc1C(C)C. The molecule has 1 aromatic heterocycles. The maximum Gasteiger partial charge on any atom is 0.0829 e. The largest absolute Gasteiger partial charge is 0.271 e. The molecule has 0 amide bonds. The van der Waals surface area contributed by atoms with E-state index in [0.29, 0.717) is 5.92 Å². The van der Waals surface area contributed by atoms with Gasteiger partial charge in [-0.25, -0.2) is 0 Å². The maximum absolute atomic E-state index is 5.78. The van der Waals surface area contributed by atoms with Crippen molar-refractivity contribution in [2.45, 2.75) is 46.1 Å². The second kappa shape index (κ2) is 6.43. The number of benzene rings is 1. The number of aryl methyl sites for hydroxylation is 2. The third-order valence-corrected chi connectivity index (χ3v) is 4.51. The van der Waals surface area contributed by atoms with Crippen LogP contribution >= 0.6 is 11.5 Å². The van der Waals surface area contributed by atoms with Gasteiger partial charge in [-0.15, -0.1) is 5.10 Å². The predicted octanol–water partition coefficient (Wildman–Crippen LogP) is 3.03. The van der Waals surface area contributed by atoms with E-state index < -0.39 is 0 Å². The van der Waals surface area contributed by atoms with E-state index in [1.54, 1.807) is 0 Å². The summed E-state index contributed by atoms with van der Waals surface area (Å²) >= 11 is 1.44.